The van der Waals surface area contributed by atoms with Crippen LogP contribution in [0.25, 0.3) is 0 Å². The van der Waals surface area contributed by atoms with Gasteiger partial charge in [0.1, 0.15) is 19.3 Å². The molecule has 3 unspecified atom stereocenters. The van der Waals surface area contributed by atoms with Crippen LogP contribution in [0, 0.1) is 17.8 Å². The van der Waals surface area contributed by atoms with Gasteiger partial charge in [0, 0.05) is 25.7 Å². The van der Waals surface area contributed by atoms with E-state index in [1.54, 1.807) is 0 Å². The monoisotopic (exact) mass is 1450 g/mol. The molecular formula is C80H152O17P2. The lowest BCUT2D eigenvalue weighted by atomic mass is 10.00. The standard InChI is InChI=1S/C80H152O17P2/c1-8-10-11-12-13-14-15-16-17-24-29-34-39-47-54-61-77(82)90-67-75(96-79(84)63-56-49-40-35-30-25-20-18-22-27-32-37-44-51-58-71(3)4)69-94-98(86,87)92-65-74(81)66-93-99(88,89)95-70-76(68-91-78(83)62-55-48-43-42-46-53-60-73(7)9-2)97-80(85)64-57-50-41-36-31-26-21-19-23-28-33-38-45-52-59-72(5)6/h14-17,71-76,81H,8-13,18-70H2,1-7H3,(H,86,87)(H,88,89)/b15-14-,17-16-/t73?,74-,75-,76-/m1/s1. The molecule has 0 aromatic heterocycles. The molecule has 0 aliphatic carbocycles. The van der Waals surface area contributed by atoms with Crippen LogP contribution in [0.3, 0.4) is 0 Å². The van der Waals surface area contributed by atoms with Gasteiger partial charge < -0.3 is 33.8 Å². The van der Waals surface area contributed by atoms with E-state index in [-0.39, 0.29) is 25.7 Å². The van der Waals surface area contributed by atoms with Gasteiger partial charge in [0.25, 0.3) is 0 Å². The Morgan fingerprint density at radius 2 is 0.596 bits per heavy atom. The second-order valence-corrected chi connectivity index (χ2v) is 32.2. The average molecular weight is 1450 g/mol. The summed E-state index contributed by atoms with van der Waals surface area (Å²) in [5.41, 5.74) is 0. The van der Waals surface area contributed by atoms with Gasteiger partial charge in [-0.15, -0.1) is 0 Å². The highest BCUT2D eigenvalue weighted by Gasteiger charge is 2.30. The van der Waals surface area contributed by atoms with Crippen LogP contribution in [0.5, 0.6) is 0 Å². The van der Waals surface area contributed by atoms with Gasteiger partial charge in [-0.3, -0.25) is 37.3 Å². The number of carbonyl (C=O) groups is 4. The fourth-order valence-electron chi connectivity index (χ4n) is 11.7. The fourth-order valence-corrected chi connectivity index (χ4v) is 13.3. The Hall–Kier alpha value is -2.46. The topological polar surface area (TPSA) is 237 Å². The minimum Gasteiger partial charge on any atom is -0.462 e. The summed E-state index contributed by atoms with van der Waals surface area (Å²) < 4.78 is 68.6. The van der Waals surface area contributed by atoms with E-state index in [2.05, 4.69) is 72.8 Å². The highest BCUT2D eigenvalue weighted by Crippen LogP contribution is 2.45. The first kappa shape index (κ1) is 96.5. The van der Waals surface area contributed by atoms with E-state index >= 15 is 0 Å². The zero-order valence-corrected chi connectivity index (χ0v) is 66.2. The van der Waals surface area contributed by atoms with Gasteiger partial charge in [0.2, 0.25) is 0 Å². The number of unbranched alkanes of at least 4 members (excludes halogenated alkanes) is 40. The van der Waals surface area contributed by atoms with Crippen LogP contribution in [0.2, 0.25) is 0 Å². The van der Waals surface area contributed by atoms with E-state index < -0.39 is 97.5 Å². The predicted molar refractivity (Wildman–Crippen MR) is 404 cm³/mol. The van der Waals surface area contributed by atoms with Crippen LogP contribution in [0.4, 0.5) is 0 Å². The molecule has 3 N–H and O–H groups in total. The molecule has 17 nitrogen and oxygen atoms in total. The van der Waals surface area contributed by atoms with Crippen LogP contribution in [0.15, 0.2) is 24.3 Å². The summed E-state index contributed by atoms with van der Waals surface area (Å²) in [5, 5.41) is 10.6. The van der Waals surface area contributed by atoms with E-state index in [1.165, 1.54) is 173 Å². The first-order valence-corrected chi connectivity index (χ1v) is 43.7. The molecule has 584 valence electrons. The van der Waals surface area contributed by atoms with Gasteiger partial charge in [-0.05, 0) is 69.1 Å². The maximum absolute atomic E-state index is 13.1. The fraction of sp³-hybridized carbons (Fsp3) is 0.900. The maximum Gasteiger partial charge on any atom is 0.472 e. The van der Waals surface area contributed by atoms with Crippen molar-refractivity contribution in [3.05, 3.63) is 24.3 Å². The van der Waals surface area contributed by atoms with Crippen molar-refractivity contribution in [3.63, 3.8) is 0 Å². The molecule has 0 rings (SSSR count). The molecule has 0 heterocycles. The third-order valence-corrected chi connectivity index (χ3v) is 20.3. The molecule has 0 aliphatic heterocycles. The lowest BCUT2D eigenvalue weighted by Gasteiger charge is -2.21. The molecule has 0 fully saturated rings. The number of esters is 4. The van der Waals surface area contributed by atoms with Crippen molar-refractivity contribution < 1.29 is 80.2 Å². The largest absolute Gasteiger partial charge is 0.472 e. The molecule has 0 radical (unpaired) electrons. The minimum atomic E-state index is -4.97. The van der Waals surface area contributed by atoms with Gasteiger partial charge in [0.05, 0.1) is 26.4 Å². The second-order valence-electron chi connectivity index (χ2n) is 29.3. The second kappa shape index (κ2) is 69.9. The Labute approximate surface area is 605 Å². The van der Waals surface area contributed by atoms with Crippen molar-refractivity contribution in [2.75, 3.05) is 39.6 Å². The van der Waals surface area contributed by atoms with Crippen LogP contribution in [0.1, 0.15) is 389 Å². The Bertz CT molecular complexity index is 2020. The lowest BCUT2D eigenvalue weighted by molar-refractivity contribution is -0.161. The average Bonchev–Trinajstić information content (AvgIpc) is 1.12. The molecule has 0 aliphatic rings. The number of aliphatic hydroxyl groups excluding tert-OH is 1. The van der Waals surface area contributed by atoms with Crippen molar-refractivity contribution in [3.8, 4) is 0 Å². The van der Waals surface area contributed by atoms with Crippen molar-refractivity contribution in [2.24, 2.45) is 17.8 Å². The number of carbonyl (C=O) groups excluding carboxylic acids is 4. The summed E-state index contributed by atoms with van der Waals surface area (Å²) in [6.07, 6.45) is 60.4. The van der Waals surface area contributed by atoms with E-state index in [4.69, 9.17) is 37.0 Å². The van der Waals surface area contributed by atoms with Crippen LogP contribution in [-0.4, -0.2) is 96.7 Å². The van der Waals surface area contributed by atoms with Crippen molar-refractivity contribution in [2.45, 2.75) is 407 Å². The predicted octanol–water partition coefficient (Wildman–Crippen LogP) is 23.3. The normalized spacial score (nSPS) is 14.4. The Morgan fingerprint density at radius 3 is 0.899 bits per heavy atom. The highest BCUT2D eigenvalue weighted by molar-refractivity contribution is 7.47. The Kier molecular flexibility index (Phi) is 68.1. The number of allylic oxidation sites excluding steroid dienone is 4. The Morgan fingerprint density at radius 1 is 0.333 bits per heavy atom. The number of hydrogen-bond acceptors (Lipinski definition) is 15. The molecule has 0 saturated carbocycles. The molecule has 0 amide bonds. The molecular weight excluding hydrogens is 1290 g/mol. The highest BCUT2D eigenvalue weighted by atomic mass is 31.2. The molecule has 0 aromatic rings. The lowest BCUT2D eigenvalue weighted by Crippen LogP contribution is -2.30. The van der Waals surface area contributed by atoms with Crippen LogP contribution >= 0.6 is 15.6 Å². The summed E-state index contributed by atoms with van der Waals surface area (Å²) >= 11 is 0. The molecule has 0 bridgehead atoms. The van der Waals surface area contributed by atoms with Crippen molar-refractivity contribution >= 4 is 39.5 Å². The van der Waals surface area contributed by atoms with Gasteiger partial charge in [-0.1, -0.05) is 336 Å². The SMILES string of the molecule is CCCCCC/C=C\C=C/CCCCCCCC(=O)OC[C@H](COP(=O)(O)OC[C@@H](O)COP(=O)(O)OC[C@@H](COC(=O)CCCCCCCCC(C)CC)OC(=O)CCCCCCCCCCCCCCCCC(C)C)OC(=O)CCCCCCCCCCCCCCCCC(C)C. The zero-order valence-electron chi connectivity index (χ0n) is 64.4. The van der Waals surface area contributed by atoms with Crippen LogP contribution < -0.4 is 0 Å². The maximum atomic E-state index is 13.1. The van der Waals surface area contributed by atoms with Gasteiger partial charge >= 0.3 is 39.5 Å². The quantitative estimate of drug-likeness (QED) is 0.0169. The number of rotatable bonds is 76. The summed E-state index contributed by atoms with van der Waals surface area (Å²) in [6, 6.07) is 0. The number of phosphoric acid groups is 2. The summed E-state index contributed by atoms with van der Waals surface area (Å²) in [4.78, 5) is 73.0. The molecule has 99 heavy (non-hydrogen) atoms. The van der Waals surface area contributed by atoms with E-state index in [1.807, 2.05) is 0 Å². The molecule has 0 spiro atoms. The number of ether oxygens (including phenoxy) is 4. The third-order valence-electron chi connectivity index (χ3n) is 18.4. The van der Waals surface area contributed by atoms with E-state index in [0.717, 1.165) is 133 Å². The van der Waals surface area contributed by atoms with E-state index in [9.17, 15) is 43.2 Å². The van der Waals surface area contributed by atoms with Crippen molar-refractivity contribution in [1.82, 2.24) is 0 Å². The van der Waals surface area contributed by atoms with Gasteiger partial charge in [-0.2, -0.15) is 0 Å². The summed E-state index contributed by atoms with van der Waals surface area (Å²) in [5.74, 6) is 0.172. The van der Waals surface area contributed by atoms with Gasteiger partial charge in [0.15, 0.2) is 12.2 Å². The van der Waals surface area contributed by atoms with Crippen molar-refractivity contribution in [1.29, 1.82) is 0 Å². The van der Waals surface area contributed by atoms with Gasteiger partial charge in [-0.25, -0.2) is 9.13 Å². The summed E-state index contributed by atoms with van der Waals surface area (Å²) in [6.45, 7) is 11.9. The summed E-state index contributed by atoms with van der Waals surface area (Å²) in [7, 11) is -9.93. The minimum absolute atomic E-state index is 0.100. The number of phosphoric ester groups is 2. The smallest absolute Gasteiger partial charge is 0.462 e. The first-order chi connectivity index (χ1) is 47.8. The molecule has 0 aromatic carbocycles. The van der Waals surface area contributed by atoms with Crippen LogP contribution in [-0.2, 0) is 65.4 Å². The van der Waals surface area contributed by atoms with E-state index in [0.29, 0.717) is 25.7 Å². The Balaban J connectivity index is 5.28. The molecule has 0 saturated heterocycles. The first-order valence-electron chi connectivity index (χ1n) is 40.7. The number of hydrogen-bond donors (Lipinski definition) is 3. The third kappa shape index (κ3) is 72.3. The molecule has 19 heteroatoms. The number of aliphatic hydroxyl groups is 1. The molecule has 6 atom stereocenters. The zero-order chi connectivity index (χ0) is 73.0.